The summed E-state index contributed by atoms with van der Waals surface area (Å²) in [6, 6.07) is 7.77. The van der Waals surface area contributed by atoms with Crippen LogP contribution in [0.4, 0.5) is 0 Å². The molecule has 0 bridgehead atoms. The number of hydrogen-bond donors (Lipinski definition) is 3. The highest BCUT2D eigenvalue weighted by atomic mass is 127. The molecule has 1 amide bonds. The first kappa shape index (κ1) is 24.7. The number of carbonyl (C=O) groups is 1. The maximum atomic E-state index is 11.7. The predicted octanol–water partition coefficient (Wildman–Crippen LogP) is 2.64. The van der Waals surface area contributed by atoms with Gasteiger partial charge in [-0.25, -0.2) is 0 Å². The van der Waals surface area contributed by atoms with Crippen LogP contribution in [-0.2, 0) is 6.42 Å². The fourth-order valence-corrected chi connectivity index (χ4v) is 3.32. The Bertz CT molecular complexity index is 602. The van der Waals surface area contributed by atoms with Crippen LogP contribution in [0.25, 0.3) is 0 Å². The van der Waals surface area contributed by atoms with Crippen LogP contribution < -0.4 is 16.0 Å². The van der Waals surface area contributed by atoms with Crippen LogP contribution in [0, 0.1) is 0 Å². The van der Waals surface area contributed by atoms with Gasteiger partial charge in [-0.05, 0) is 76.4 Å². The number of hydrogen-bond acceptors (Lipinski definition) is 3. The lowest BCUT2D eigenvalue weighted by Crippen LogP contribution is -2.38. The molecule has 1 heterocycles. The number of rotatable bonds is 10. The van der Waals surface area contributed by atoms with Crippen molar-refractivity contribution in [2.75, 3.05) is 46.3 Å². The molecule has 1 fully saturated rings. The van der Waals surface area contributed by atoms with Crippen LogP contribution in [0.1, 0.15) is 48.5 Å². The minimum Gasteiger partial charge on any atom is -0.357 e. The SMILES string of the molecule is CCNC(=NCCCCN1CCCC1)NCCc1cccc(C(=O)NC)c1.I. The molecule has 1 aliphatic rings. The molecule has 0 atom stereocenters. The number of likely N-dealkylation sites (tertiary alicyclic amines) is 1. The van der Waals surface area contributed by atoms with Crippen LogP contribution in [0.5, 0.6) is 0 Å². The van der Waals surface area contributed by atoms with E-state index >= 15 is 0 Å². The second-order valence-electron chi connectivity index (χ2n) is 6.97. The molecule has 1 aromatic carbocycles. The zero-order valence-electron chi connectivity index (χ0n) is 17.3. The molecule has 1 saturated heterocycles. The zero-order valence-corrected chi connectivity index (χ0v) is 19.6. The van der Waals surface area contributed by atoms with Gasteiger partial charge in [0.15, 0.2) is 5.96 Å². The number of aliphatic imine (C=N–C) groups is 1. The van der Waals surface area contributed by atoms with E-state index < -0.39 is 0 Å². The highest BCUT2D eigenvalue weighted by molar-refractivity contribution is 14.0. The van der Waals surface area contributed by atoms with Crippen LogP contribution in [0.2, 0.25) is 0 Å². The van der Waals surface area contributed by atoms with Crippen LogP contribution in [0.3, 0.4) is 0 Å². The molecular formula is C21H36IN5O. The Balaban J connectivity index is 0.00000392. The second-order valence-corrected chi connectivity index (χ2v) is 6.97. The highest BCUT2D eigenvalue weighted by Crippen LogP contribution is 2.08. The van der Waals surface area contributed by atoms with Gasteiger partial charge in [0.1, 0.15) is 0 Å². The first-order valence-corrected chi connectivity index (χ1v) is 10.3. The summed E-state index contributed by atoms with van der Waals surface area (Å²) in [6.45, 7) is 8.33. The summed E-state index contributed by atoms with van der Waals surface area (Å²) < 4.78 is 0. The number of nitrogens with zero attached hydrogens (tertiary/aromatic N) is 2. The minimum absolute atomic E-state index is 0. The Hall–Kier alpha value is -1.35. The molecule has 0 unspecified atom stereocenters. The van der Waals surface area contributed by atoms with Gasteiger partial charge < -0.3 is 20.9 Å². The minimum atomic E-state index is -0.0476. The fourth-order valence-electron chi connectivity index (χ4n) is 3.32. The van der Waals surface area contributed by atoms with E-state index in [1.807, 2.05) is 18.2 Å². The van der Waals surface area contributed by atoms with Crippen molar-refractivity contribution in [3.63, 3.8) is 0 Å². The first-order valence-electron chi connectivity index (χ1n) is 10.3. The molecule has 1 aliphatic heterocycles. The van der Waals surface area contributed by atoms with Gasteiger partial charge in [0.25, 0.3) is 5.91 Å². The van der Waals surface area contributed by atoms with Gasteiger partial charge in [-0.1, -0.05) is 12.1 Å². The number of carbonyl (C=O) groups excluding carboxylic acids is 1. The van der Waals surface area contributed by atoms with Gasteiger partial charge in [-0.3, -0.25) is 9.79 Å². The Morgan fingerprint density at radius 3 is 2.68 bits per heavy atom. The normalized spacial score (nSPS) is 14.4. The number of nitrogens with one attached hydrogen (secondary N) is 3. The van der Waals surface area contributed by atoms with E-state index in [2.05, 4.69) is 38.8 Å². The van der Waals surface area contributed by atoms with E-state index in [0.717, 1.165) is 44.0 Å². The van der Waals surface area contributed by atoms with Crippen molar-refractivity contribution in [1.82, 2.24) is 20.9 Å². The first-order chi connectivity index (χ1) is 13.2. The molecule has 0 radical (unpaired) electrons. The quantitative estimate of drug-likeness (QED) is 0.200. The maximum absolute atomic E-state index is 11.7. The van der Waals surface area contributed by atoms with Gasteiger partial charge in [-0.2, -0.15) is 0 Å². The summed E-state index contributed by atoms with van der Waals surface area (Å²) in [4.78, 5) is 19.0. The number of unbranched alkanes of at least 4 members (excludes halogenated alkanes) is 1. The smallest absolute Gasteiger partial charge is 0.251 e. The largest absolute Gasteiger partial charge is 0.357 e. The molecule has 2 rings (SSSR count). The van der Waals surface area contributed by atoms with Gasteiger partial charge >= 0.3 is 0 Å². The summed E-state index contributed by atoms with van der Waals surface area (Å²) >= 11 is 0. The van der Waals surface area contributed by atoms with Crippen LogP contribution in [0.15, 0.2) is 29.3 Å². The molecule has 0 aromatic heterocycles. The van der Waals surface area contributed by atoms with E-state index in [1.165, 1.54) is 38.9 Å². The van der Waals surface area contributed by atoms with Crippen molar-refractivity contribution in [1.29, 1.82) is 0 Å². The number of benzene rings is 1. The van der Waals surface area contributed by atoms with Crippen LogP contribution >= 0.6 is 24.0 Å². The highest BCUT2D eigenvalue weighted by Gasteiger charge is 2.10. The molecule has 6 nitrogen and oxygen atoms in total. The van der Waals surface area contributed by atoms with Gasteiger partial charge in [-0.15, -0.1) is 24.0 Å². The van der Waals surface area contributed by atoms with Gasteiger partial charge in [0.05, 0.1) is 0 Å². The molecule has 1 aromatic rings. The number of guanidine groups is 1. The third-order valence-corrected chi connectivity index (χ3v) is 4.82. The third-order valence-electron chi connectivity index (χ3n) is 4.82. The van der Waals surface area contributed by atoms with Gasteiger partial charge in [0.2, 0.25) is 0 Å². The average molecular weight is 501 g/mol. The zero-order chi connectivity index (χ0) is 19.3. The van der Waals surface area contributed by atoms with E-state index in [9.17, 15) is 4.79 Å². The lowest BCUT2D eigenvalue weighted by atomic mass is 10.1. The van der Waals surface area contributed by atoms with E-state index in [-0.39, 0.29) is 29.9 Å². The van der Waals surface area contributed by atoms with Crippen molar-refractivity contribution >= 4 is 35.8 Å². The summed E-state index contributed by atoms with van der Waals surface area (Å²) in [5, 5.41) is 9.36. The lowest BCUT2D eigenvalue weighted by molar-refractivity contribution is 0.0963. The summed E-state index contributed by atoms with van der Waals surface area (Å²) in [6.07, 6.45) is 5.91. The topological polar surface area (TPSA) is 68.8 Å². The lowest BCUT2D eigenvalue weighted by Gasteiger charge is -2.14. The molecule has 0 spiro atoms. The fraction of sp³-hybridized carbons (Fsp3) is 0.619. The monoisotopic (exact) mass is 501 g/mol. The van der Waals surface area contributed by atoms with Crippen molar-refractivity contribution in [3.05, 3.63) is 35.4 Å². The van der Waals surface area contributed by atoms with E-state index in [1.54, 1.807) is 7.05 Å². The molecular weight excluding hydrogens is 465 g/mol. The Morgan fingerprint density at radius 1 is 1.18 bits per heavy atom. The molecule has 28 heavy (non-hydrogen) atoms. The third kappa shape index (κ3) is 9.23. The summed E-state index contributed by atoms with van der Waals surface area (Å²) in [7, 11) is 1.65. The molecule has 3 N–H and O–H groups in total. The predicted molar refractivity (Wildman–Crippen MR) is 128 cm³/mol. The molecule has 0 aliphatic carbocycles. The van der Waals surface area contributed by atoms with Crippen molar-refractivity contribution in [3.8, 4) is 0 Å². The second kappa shape index (κ2) is 14.6. The van der Waals surface area contributed by atoms with Crippen molar-refractivity contribution < 1.29 is 4.79 Å². The number of amides is 1. The van der Waals surface area contributed by atoms with Gasteiger partial charge in [0, 0.05) is 32.2 Å². The standard InChI is InChI=1S/C21H35N5O.HI/c1-3-23-21(24-12-4-5-14-26-15-6-7-16-26)25-13-11-18-9-8-10-19(17-18)20(27)22-2;/h8-10,17H,3-7,11-16H2,1-2H3,(H,22,27)(H2,23,24,25);1H. The van der Waals surface area contributed by atoms with Crippen LogP contribution in [-0.4, -0.2) is 63.1 Å². The number of halogens is 1. The van der Waals surface area contributed by atoms with Crippen molar-refractivity contribution in [2.24, 2.45) is 4.99 Å². The molecule has 0 saturated carbocycles. The summed E-state index contributed by atoms with van der Waals surface area (Å²) in [5.41, 5.74) is 1.85. The Morgan fingerprint density at radius 2 is 1.96 bits per heavy atom. The Labute approximate surface area is 187 Å². The van der Waals surface area contributed by atoms with Crippen molar-refractivity contribution in [2.45, 2.75) is 39.0 Å². The van der Waals surface area contributed by atoms with E-state index in [0.29, 0.717) is 5.56 Å². The van der Waals surface area contributed by atoms with E-state index in [4.69, 9.17) is 0 Å². The summed E-state index contributed by atoms with van der Waals surface area (Å²) in [5.74, 6) is 0.828. The average Bonchev–Trinajstić information content (AvgIpc) is 3.21. The molecule has 7 heteroatoms. The Kier molecular flexibility index (Phi) is 12.9. The maximum Gasteiger partial charge on any atom is 0.251 e. The molecule has 158 valence electrons.